The summed E-state index contributed by atoms with van der Waals surface area (Å²) in [4.78, 5) is 24.4. The molecule has 2 aromatic rings. The minimum atomic E-state index is -0.686. The van der Waals surface area contributed by atoms with Gasteiger partial charge in [0.15, 0.2) is 0 Å². The second-order valence-corrected chi connectivity index (χ2v) is 6.88. The second kappa shape index (κ2) is 8.60. The van der Waals surface area contributed by atoms with E-state index in [-0.39, 0.29) is 16.9 Å². The second-order valence-electron chi connectivity index (χ2n) is 6.88. The van der Waals surface area contributed by atoms with E-state index >= 15 is 0 Å². The lowest BCUT2D eigenvalue weighted by Crippen LogP contribution is -2.27. The van der Waals surface area contributed by atoms with Crippen LogP contribution in [0.2, 0.25) is 0 Å². The molecular weight excluding hydrogens is 367 g/mol. The topological polar surface area (TPSA) is 85.9 Å². The summed E-state index contributed by atoms with van der Waals surface area (Å²) in [5, 5.41) is 4.97. The van der Waals surface area contributed by atoms with Crippen LogP contribution in [0.15, 0.2) is 36.4 Å². The van der Waals surface area contributed by atoms with Crippen LogP contribution in [0.1, 0.15) is 31.1 Å². The van der Waals surface area contributed by atoms with Gasteiger partial charge in [0.2, 0.25) is 0 Å². The lowest BCUT2D eigenvalue weighted by Gasteiger charge is -2.20. The molecule has 0 aromatic heterocycles. The van der Waals surface area contributed by atoms with Gasteiger partial charge in [-0.15, -0.1) is 0 Å². The summed E-state index contributed by atoms with van der Waals surface area (Å²) in [5.74, 6) is -0.376. The van der Waals surface area contributed by atoms with Gasteiger partial charge in [0.05, 0.1) is 19.9 Å². The van der Waals surface area contributed by atoms with Crippen LogP contribution in [0.25, 0.3) is 0 Å². The van der Waals surface area contributed by atoms with E-state index in [4.69, 9.17) is 14.2 Å². The van der Waals surface area contributed by atoms with Gasteiger partial charge in [-0.25, -0.2) is 9.18 Å². The van der Waals surface area contributed by atoms with Crippen molar-refractivity contribution in [3.63, 3.8) is 0 Å². The third-order valence-electron chi connectivity index (χ3n) is 3.47. The van der Waals surface area contributed by atoms with Crippen LogP contribution in [0.5, 0.6) is 11.5 Å². The molecular formula is C20H23FN2O5. The fourth-order valence-corrected chi connectivity index (χ4v) is 2.25. The molecule has 150 valence electrons. The van der Waals surface area contributed by atoms with Crippen LogP contribution in [0.4, 0.5) is 20.6 Å². The van der Waals surface area contributed by atoms with Crippen molar-refractivity contribution in [1.82, 2.24) is 0 Å². The lowest BCUT2D eigenvalue weighted by molar-refractivity contribution is 0.0635. The Hall–Kier alpha value is -3.29. The summed E-state index contributed by atoms with van der Waals surface area (Å²) in [6, 6.07) is 8.41. The van der Waals surface area contributed by atoms with Crippen LogP contribution in [0, 0.1) is 5.82 Å². The number of carbonyl (C=O) groups is 2. The number of benzene rings is 2. The van der Waals surface area contributed by atoms with Crippen LogP contribution in [0.3, 0.4) is 0 Å². The first-order valence-electron chi connectivity index (χ1n) is 8.45. The van der Waals surface area contributed by atoms with E-state index in [1.165, 1.54) is 38.5 Å². The Bertz CT molecular complexity index is 855. The smallest absolute Gasteiger partial charge is 0.412 e. The highest BCUT2D eigenvalue weighted by Gasteiger charge is 2.17. The molecule has 0 heterocycles. The van der Waals surface area contributed by atoms with E-state index < -0.39 is 23.4 Å². The molecule has 0 fully saturated rings. The van der Waals surface area contributed by atoms with Gasteiger partial charge in [0, 0.05) is 17.3 Å². The predicted octanol–water partition coefficient (Wildman–Crippen LogP) is 4.44. The normalized spacial score (nSPS) is 10.8. The van der Waals surface area contributed by atoms with Crippen molar-refractivity contribution in [2.24, 2.45) is 0 Å². The first-order chi connectivity index (χ1) is 13.1. The average Bonchev–Trinajstić information content (AvgIpc) is 2.62. The summed E-state index contributed by atoms with van der Waals surface area (Å²) in [6.45, 7) is 5.18. The predicted molar refractivity (Wildman–Crippen MR) is 104 cm³/mol. The highest BCUT2D eigenvalue weighted by Crippen LogP contribution is 2.25. The first-order valence-corrected chi connectivity index (χ1v) is 8.45. The molecule has 0 aliphatic heterocycles. The summed E-state index contributed by atoms with van der Waals surface area (Å²) in [6.07, 6.45) is -0.686. The third kappa shape index (κ3) is 5.87. The molecule has 0 saturated carbocycles. The minimum Gasteiger partial charge on any atom is -0.497 e. The van der Waals surface area contributed by atoms with E-state index in [9.17, 15) is 14.0 Å². The molecule has 0 unspecified atom stereocenters. The highest BCUT2D eigenvalue weighted by molar-refractivity contribution is 6.05. The summed E-state index contributed by atoms with van der Waals surface area (Å²) >= 11 is 0. The monoisotopic (exact) mass is 390 g/mol. The Morgan fingerprint density at radius 2 is 1.54 bits per heavy atom. The Kier molecular flexibility index (Phi) is 6.45. The number of amides is 2. The van der Waals surface area contributed by atoms with Crippen LogP contribution >= 0.6 is 0 Å². The maximum atomic E-state index is 14.1. The van der Waals surface area contributed by atoms with Gasteiger partial charge in [-0.05, 0) is 51.1 Å². The number of hydrogen-bond donors (Lipinski definition) is 2. The Morgan fingerprint density at radius 3 is 2.07 bits per heavy atom. The zero-order valence-corrected chi connectivity index (χ0v) is 16.4. The Balaban J connectivity index is 2.19. The summed E-state index contributed by atoms with van der Waals surface area (Å²) in [5.41, 5.74) is -0.275. The molecule has 7 nitrogen and oxygen atoms in total. The molecule has 2 N–H and O–H groups in total. The minimum absolute atomic E-state index is 0.0969. The van der Waals surface area contributed by atoms with E-state index in [0.29, 0.717) is 11.5 Å². The van der Waals surface area contributed by atoms with Crippen LogP contribution < -0.4 is 20.1 Å². The quantitative estimate of drug-likeness (QED) is 0.788. The molecule has 2 amide bonds. The number of halogens is 1. The van der Waals surface area contributed by atoms with Gasteiger partial charge in [-0.1, -0.05) is 0 Å². The van der Waals surface area contributed by atoms with Crippen LogP contribution in [-0.2, 0) is 4.74 Å². The molecule has 0 aliphatic carbocycles. The standard InChI is InChI=1S/C20H23FN2O5/c1-20(2,3)28-19(25)22-13-6-7-16(21)17(10-13)23-18(24)12-8-14(26-4)11-15(9-12)27-5/h6-11H,1-5H3,(H,22,25)(H,23,24). The van der Waals surface area contributed by atoms with E-state index in [2.05, 4.69) is 10.6 Å². The van der Waals surface area contributed by atoms with Gasteiger partial charge in [-0.3, -0.25) is 10.1 Å². The van der Waals surface area contributed by atoms with Crippen LogP contribution in [-0.4, -0.2) is 31.8 Å². The van der Waals surface area contributed by atoms with Crippen molar-refractivity contribution in [2.75, 3.05) is 24.9 Å². The Labute approximate surface area is 162 Å². The van der Waals surface area contributed by atoms with Crippen molar-refractivity contribution >= 4 is 23.4 Å². The summed E-state index contributed by atoms with van der Waals surface area (Å²) in [7, 11) is 2.92. The van der Waals surface area contributed by atoms with E-state index in [0.717, 1.165) is 6.07 Å². The van der Waals surface area contributed by atoms with Gasteiger partial charge in [0.25, 0.3) is 5.91 Å². The number of carbonyl (C=O) groups excluding carboxylic acids is 2. The number of anilines is 2. The number of nitrogens with one attached hydrogen (secondary N) is 2. The van der Waals surface area contributed by atoms with Gasteiger partial charge < -0.3 is 19.5 Å². The van der Waals surface area contributed by atoms with Gasteiger partial charge >= 0.3 is 6.09 Å². The molecule has 0 bridgehead atoms. The van der Waals surface area contributed by atoms with Crippen molar-refractivity contribution in [3.05, 3.63) is 47.8 Å². The highest BCUT2D eigenvalue weighted by atomic mass is 19.1. The first kappa shape index (κ1) is 21.0. The number of rotatable bonds is 5. The molecule has 2 rings (SSSR count). The van der Waals surface area contributed by atoms with Crippen molar-refractivity contribution in [1.29, 1.82) is 0 Å². The molecule has 0 saturated heterocycles. The molecule has 28 heavy (non-hydrogen) atoms. The maximum absolute atomic E-state index is 14.1. The summed E-state index contributed by atoms with van der Waals surface area (Å²) < 4.78 is 29.5. The number of hydrogen-bond acceptors (Lipinski definition) is 5. The van der Waals surface area contributed by atoms with Crippen molar-refractivity contribution in [3.8, 4) is 11.5 Å². The largest absolute Gasteiger partial charge is 0.497 e. The van der Waals surface area contributed by atoms with Crippen molar-refractivity contribution < 1.29 is 28.2 Å². The SMILES string of the molecule is COc1cc(OC)cc(C(=O)Nc2cc(NC(=O)OC(C)(C)C)ccc2F)c1. The maximum Gasteiger partial charge on any atom is 0.412 e. The number of ether oxygens (including phenoxy) is 3. The van der Waals surface area contributed by atoms with E-state index in [1.54, 1.807) is 26.8 Å². The van der Waals surface area contributed by atoms with E-state index in [1.807, 2.05) is 0 Å². The molecule has 8 heteroatoms. The molecule has 0 aliphatic rings. The van der Waals surface area contributed by atoms with Gasteiger partial charge in [-0.2, -0.15) is 0 Å². The van der Waals surface area contributed by atoms with Crippen molar-refractivity contribution in [2.45, 2.75) is 26.4 Å². The van der Waals surface area contributed by atoms with Gasteiger partial charge in [0.1, 0.15) is 22.9 Å². The Morgan fingerprint density at radius 1 is 0.929 bits per heavy atom. The third-order valence-corrected chi connectivity index (χ3v) is 3.47. The fraction of sp³-hybridized carbons (Fsp3) is 0.300. The number of methoxy groups -OCH3 is 2. The fourth-order valence-electron chi connectivity index (χ4n) is 2.25. The molecule has 0 spiro atoms. The molecule has 0 atom stereocenters. The lowest BCUT2D eigenvalue weighted by atomic mass is 10.1. The molecule has 2 aromatic carbocycles. The molecule has 0 radical (unpaired) electrons. The zero-order chi connectivity index (χ0) is 20.9. The zero-order valence-electron chi connectivity index (χ0n) is 16.4. The average molecular weight is 390 g/mol.